The molecular formula is C58H39NO. The van der Waals surface area contributed by atoms with Gasteiger partial charge in [0, 0.05) is 33.2 Å². The predicted molar refractivity (Wildman–Crippen MR) is 253 cm³/mol. The molecule has 1 heterocycles. The molecule has 11 rings (SSSR count). The number of rotatable bonds is 8. The lowest BCUT2D eigenvalue weighted by Gasteiger charge is -2.27. The summed E-state index contributed by atoms with van der Waals surface area (Å²) in [5.41, 5.74) is 16.8. The minimum Gasteiger partial charge on any atom is -0.455 e. The minimum absolute atomic E-state index is 0.894. The zero-order valence-electron chi connectivity index (χ0n) is 32.9. The third-order valence-corrected chi connectivity index (χ3v) is 11.7. The highest BCUT2D eigenvalue weighted by Crippen LogP contribution is 2.43. The summed E-state index contributed by atoms with van der Waals surface area (Å²) >= 11 is 0. The summed E-state index contributed by atoms with van der Waals surface area (Å²) in [6.07, 6.45) is 0. The minimum atomic E-state index is 0.894. The Labute approximate surface area is 349 Å². The highest BCUT2D eigenvalue weighted by molar-refractivity contribution is 6.19. The van der Waals surface area contributed by atoms with Crippen molar-refractivity contribution < 1.29 is 4.42 Å². The molecule has 0 aliphatic heterocycles. The van der Waals surface area contributed by atoms with Crippen molar-refractivity contribution in [1.82, 2.24) is 0 Å². The fourth-order valence-electron chi connectivity index (χ4n) is 8.66. The van der Waals surface area contributed by atoms with Gasteiger partial charge in [-0.05, 0) is 116 Å². The van der Waals surface area contributed by atoms with Crippen LogP contribution in [0.3, 0.4) is 0 Å². The lowest BCUT2D eigenvalue weighted by molar-refractivity contribution is 0.673. The molecule has 0 radical (unpaired) electrons. The van der Waals surface area contributed by atoms with E-state index in [4.69, 9.17) is 4.42 Å². The number of furan rings is 1. The van der Waals surface area contributed by atoms with Gasteiger partial charge in [-0.1, -0.05) is 182 Å². The number of anilines is 3. The lowest BCUT2D eigenvalue weighted by Crippen LogP contribution is -2.10. The van der Waals surface area contributed by atoms with E-state index in [2.05, 4.69) is 241 Å². The van der Waals surface area contributed by atoms with Gasteiger partial charge in [0.2, 0.25) is 0 Å². The molecule has 0 unspecified atom stereocenters. The van der Waals surface area contributed by atoms with Crippen LogP contribution in [0.25, 0.3) is 88.3 Å². The largest absolute Gasteiger partial charge is 0.455 e. The van der Waals surface area contributed by atoms with E-state index in [-0.39, 0.29) is 0 Å². The van der Waals surface area contributed by atoms with Crippen molar-refractivity contribution in [3.8, 4) is 55.6 Å². The van der Waals surface area contributed by atoms with Gasteiger partial charge in [0.25, 0.3) is 0 Å². The molecule has 0 spiro atoms. The summed E-state index contributed by atoms with van der Waals surface area (Å²) in [5, 5.41) is 4.58. The second-order valence-electron chi connectivity index (χ2n) is 15.3. The van der Waals surface area contributed by atoms with Gasteiger partial charge in [-0.25, -0.2) is 0 Å². The molecule has 0 saturated heterocycles. The fourth-order valence-corrected chi connectivity index (χ4v) is 8.66. The normalized spacial score (nSPS) is 11.3. The Morgan fingerprint density at radius 2 is 0.750 bits per heavy atom. The van der Waals surface area contributed by atoms with Crippen molar-refractivity contribution in [1.29, 1.82) is 0 Å². The number of benzene rings is 10. The Morgan fingerprint density at radius 1 is 0.283 bits per heavy atom. The number of hydrogen-bond donors (Lipinski definition) is 0. The average Bonchev–Trinajstić information content (AvgIpc) is 3.73. The molecule has 0 aliphatic rings. The van der Waals surface area contributed by atoms with Gasteiger partial charge in [-0.2, -0.15) is 0 Å². The molecule has 0 saturated carbocycles. The first-order chi connectivity index (χ1) is 29.7. The van der Waals surface area contributed by atoms with E-state index in [1.165, 1.54) is 38.8 Å². The predicted octanol–water partition coefficient (Wildman–Crippen LogP) is 16.5. The Kier molecular flexibility index (Phi) is 8.87. The molecule has 0 aliphatic carbocycles. The van der Waals surface area contributed by atoms with Crippen LogP contribution in [0.2, 0.25) is 0 Å². The molecule has 0 bridgehead atoms. The maximum absolute atomic E-state index is 6.56. The van der Waals surface area contributed by atoms with Crippen molar-refractivity contribution in [2.45, 2.75) is 0 Å². The number of hydrogen-bond acceptors (Lipinski definition) is 2. The van der Waals surface area contributed by atoms with E-state index in [1.54, 1.807) is 0 Å². The van der Waals surface area contributed by atoms with Crippen molar-refractivity contribution in [3.63, 3.8) is 0 Å². The third kappa shape index (κ3) is 6.51. The number of fused-ring (bicyclic) bond motifs is 5. The van der Waals surface area contributed by atoms with Crippen molar-refractivity contribution in [2.75, 3.05) is 4.90 Å². The second kappa shape index (κ2) is 15.1. The summed E-state index contributed by atoms with van der Waals surface area (Å²) < 4.78 is 6.56. The molecule has 0 fully saturated rings. The standard InChI is InChI=1S/C58H39NO/c1-4-13-40(14-5-1)43-23-25-44(26-24-43)45-27-32-50(33-28-45)59(52-38-48(41-15-6-2-7-16-41)37-49(39-52)42-17-8-3-9-18-42)51-34-29-47(30-35-51)53-21-12-22-56-57(53)55-36-31-46-19-10-11-20-54(46)58(55)60-56/h1-39H. The average molecular weight is 766 g/mol. The van der Waals surface area contributed by atoms with Crippen LogP contribution in [0.1, 0.15) is 0 Å². The highest BCUT2D eigenvalue weighted by atomic mass is 16.3. The smallest absolute Gasteiger partial charge is 0.143 e. The summed E-state index contributed by atoms with van der Waals surface area (Å²) in [6, 6.07) is 84.9. The summed E-state index contributed by atoms with van der Waals surface area (Å²) in [4.78, 5) is 2.38. The molecular weight excluding hydrogens is 727 g/mol. The van der Waals surface area contributed by atoms with Crippen LogP contribution < -0.4 is 4.90 Å². The van der Waals surface area contributed by atoms with E-state index in [0.717, 1.165) is 66.6 Å². The molecule has 0 atom stereocenters. The highest BCUT2D eigenvalue weighted by Gasteiger charge is 2.18. The summed E-state index contributed by atoms with van der Waals surface area (Å²) in [5.74, 6) is 0. The molecule has 10 aromatic carbocycles. The molecule has 282 valence electrons. The molecule has 0 N–H and O–H groups in total. The Hall–Kier alpha value is -7.94. The molecule has 60 heavy (non-hydrogen) atoms. The lowest BCUT2D eigenvalue weighted by atomic mass is 9.96. The van der Waals surface area contributed by atoms with Gasteiger partial charge in [0.05, 0.1) is 0 Å². The summed E-state index contributed by atoms with van der Waals surface area (Å²) in [6.45, 7) is 0. The maximum atomic E-state index is 6.56. The van der Waals surface area contributed by atoms with Gasteiger partial charge in [-0.15, -0.1) is 0 Å². The van der Waals surface area contributed by atoms with Crippen molar-refractivity contribution >= 4 is 49.8 Å². The second-order valence-corrected chi connectivity index (χ2v) is 15.3. The van der Waals surface area contributed by atoms with Gasteiger partial charge in [-0.3, -0.25) is 0 Å². The first-order valence-electron chi connectivity index (χ1n) is 20.5. The monoisotopic (exact) mass is 765 g/mol. The Balaban J connectivity index is 1.03. The number of nitrogens with zero attached hydrogens (tertiary/aromatic N) is 1. The van der Waals surface area contributed by atoms with Crippen molar-refractivity contribution in [2.24, 2.45) is 0 Å². The van der Waals surface area contributed by atoms with Crippen molar-refractivity contribution in [3.05, 3.63) is 237 Å². The topological polar surface area (TPSA) is 16.4 Å². The fraction of sp³-hybridized carbons (Fsp3) is 0. The van der Waals surface area contributed by atoms with E-state index >= 15 is 0 Å². The van der Waals surface area contributed by atoms with Crippen LogP contribution in [-0.4, -0.2) is 0 Å². The zero-order chi connectivity index (χ0) is 39.8. The first-order valence-corrected chi connectivity index (χ1v) is 20.5. The van der Waals surface area contributed by atoms with Crippen LogP contribution >= 0.6 is 0 Å². The van der Waals surface area contributed by atoms with E-state index in [9.17, 15) is 0 Å². The third-order valence-electron chi connectivity index (χ3n) is 11.7. The SMILES string of the molecule is c1ccc(-c2ccc(-c3ccc(N(c4ccc(-c5cccc6oc7c8ccccc8ccc7c56)cc4)c4cc(-c5ccccc5)cc(-c5ccccc5)c4)cc3)cc2)cc1. The van der Waals surface area contributed by atoms with E-state index in [0.29, 0.717) is 0 Å². The molecule has 11 aromatic rings. The van der Waals surface area contributed by atoms with E-state index in [1.807, 2.05) is 0 Å². The van der Waals surface area contributed by atoms with Crippen LogP contribution in [-0.2, 0) is 0 Å². The van der Waals surface area contributed by atoms with Crippen LogP contribution in [0.5, 0.6) is 0 Å². The Morgan fingerprint density at radius 3 is 1.32 bits per heavy atom. The Bertz CT molecular complexity index is 3200. The van der Waals surface area contributed by atoms with E-state index < -0.39 is 0 Å². The zero-order valence-corrected chi connectivity index (χ0v) is 32.9. The first kappa shape index (κ1) is 35.2. The molecule has 2 nitrogen and oxygen atoms in total. The quantitative estimate of drug-likeness (QED) is 0.153. The van der Waals surface area contributed by atoms with Gasteiger partial charge in [0.1, 0.15) is 11.2 Å². The van der Waals surface area contributed by atoms with Crippen LogP contribution in [0.15, 0.2) is 241 Å². The molecule has 1 aromatic heterocycles. The maximum Gasteiger partial charge on any atom is 0.143 e. The molecule has 0 amide bonds. The van der Waals surface area contributed by atoms with Crippen LogP contribution in [0, 0.1) is 0 Å². The van der Waals surface area contributed by atoms with Gasteiger partial charge in [0.15, 0.2) is 0 Å². The van der Waals surface area contributed by atoms with Gasteiger partial charge < -0.3 is 9.32 Å². The van der Waals surface area contributed by atoms with Crippen LogP contribution in [0.4, 0.5) is 17.1 Å². The summed E-state index contributed by atoms with van der Waals surface area (Å²) in [7, 11) is 0. The molecule has 2 heteroatoms. The van der Waals surface area contributed by atoms with Gasteiger partial charge >= 0.3 is 0 Å².